The van der Waals surface area contributed by atoms with E-state index in [9.17, 15) is 14.7 Å². The lowest BCUT2D eigenvalue weighted by Gasteiger charge is -2.18. The Morgan fingerprint density at radius 2 is 2.12 bits per heavy atom. The lowest BCUT2D eigenvalue weighted by atomic mass is 10.2. The van der Waals surface area contributed by atoms with E-state index in [4.69, 9.17) is 9.84 Å². The molecule has 0 heterocycles. The zero-order valence-electron chi connectivity index (χ0n) is 10.2. The van der Waals surface area contributed by atoms with Crippen LogP contribution in [-0.4, -0.2) is 73.5 Å². The molecule has 3 N–H and O–H groups in total. The van der Waals surface area contributed by atoms with Crippen molar-refractivity contribution >= 4 is 11.9 Å². The third-order valence-electron chi connectivity index (χ3n) is 1.97. The van der Waals surface area contributed by atoms with E-state index in [1.54, 1.807) is 19.1 Å². The van der Waals surface area contributed by atoms with Gasteiger partial charge in [-0.1, -0.05) is 0 Å². The van der Waals surface area contributed by atoms with Gasteiger partial charge in [-0.25, -0.2) is 0 Å². The van der Waals surface area contributed by atoms with Crippen LogP contribution in [0.1, 0.15) is 6.42 Å². The van der Waals surface area contributed by atoms with Gasteiger partial charge in [0.25, 0.3) is 0 Å². The third-order valence-corrected chi connectivity index (χ3v) is 1.97. The number of carboxylic acids is 1. The number of aliphatic hydroxyl groups excluding tert-OH is 1. The Morgan fingerprint density at radius 1 is 1.47 bits per heavy atom. The molecule has 1 unspecified atom stereocenters. The van der Waals surface area contributed by atoms with Crippen molar-refractivity contribution < 1.29 is 24.5 Å². The lowest BCUT2D eigenvalue weighted by molar-refractivity contribution is -0.139. The second-order valence-corrected chi connectivity index (χ2v) is 3.79. The quantitative estimate of drug-likeness (QED) is 0.430. The molecule has 0 saturated carbocycles. The van der Waals surface area contributed by atoms with Gasteiger partial charge in [0.1, 0.15) is 0 Å². The van der Waals surface area contributed by atoms with Gasteiger partial charge in [0, 0.05) is 20.2 Å². The number of rotatable bonds is 9. The van der Waals surface area contributed by atoms with Crippen LogP contribution >= 0.6 is 0 Å². The van der Waals surface area contributed by atoms with Gasteiger partial charge in [0.2, 0.25) is 5.91 Å². The molecule has 0 spiro atoms. The molecule has 0 aromatic heterocycles. The summed E-state index contributed by atoms with van der Waals surface area (Å²) < 4.78 is 4.77. The molecule has 0 bridgehead atoms. The highest BCUT2D eigenvalue weighted by atomic mass is 16.5. The minimum absolute atomic E-state index is 0.112. The van der Waals surface area contributed by atoms with Crippen molar-refractivity contribution in [2.75, 3.05) is 40.4 Å². The first-order valence-corrected chi connectivity index (χ1v) is 5.29. The van der Waals surface area contributed by atoms with Crippen LogP contribution in [0.3, 0.4) is 0 Å². The fourth-order valence-electron chi connectivity index (χ4n) is 1.28. The van der Waals surface area contributed by atoms with E-state index < -0.39 is 12.1 Å². The summed E-state index contributed by atoms with van der Waals surface area (Å²) in [4.78, 5) is 23.2. The molecule has 0 aliphatic heterocycles. The molecule has 0 saturated heterocycles. The number of hydrogen-bond donors (Lipinski definition) is 3. The Kier molecular flexibility index (Phi) is 8.29. The van der Waals surface area contributed by atoms with Gasteiger partial charge in [0.05, 0.1) is 25.7 Å². The molecule has 1 amide bonds. The molecule has 0 radical (unpaired) electrons. The summed E-state index contributed by atoms with van der Waals surface area (Å²) >= 11 is 0. The highest BCUT2D eigenvalue weighted by molar-refractivity contribution is 5.77. The number of likely N-dealkylation sites (N-methyl/N-ethyl adjacent to an activating group) is 1. The number of methoxy groups -OCH3 is 1. The van der Waals surface area contributed by atoms with Crippen LogP contribution in [0, 0.1) is 0 Å². The zero-order chi connectivity index (χ0) is 13.3. The van der Waals surface area contributed by atoms with Crippen LogP contribution in [0.15, 0.2) is 0 Å². The number of carbonyl (C=O) groups is 2. The Morgan fingerprint density at radius 3 is 2.65 bits per heavy atom. The largest absolute Gasteiger partial charge is 0.481 e. The van der Waals surface area contributed by atoms with Crippen molar-refractivity contribution in [2.24, 2.45) is 0 Å². The smallest absolute Gasteiger partial charge is 0.306 e. The molecule has 1 atom stereocenters. The zero-order valence-corrected chi connectivity index (χ0v) is 10.2. The van der Waals surface area contributed by atoms with Crippen LogP contribution in [0.2, 0.25) is 0 Å². The van der Waals surface area contributed by atoms with Crippen molar-refractivity contribution in [3.8, 4) is 0 Å². The van der Waals surface area contributed by atoms with Crippen LogP contribution in [0.25, 0.3) is 0 Å². The summed E-state index contributed by atoms with van der Waals surface area (Å²) in [5.74, 6) is -1.25. The molecule has 0 aliphatic carbocycles. The number of carboxylic acid groups (broad SMARTS) is 1. The van der Waals surface area contributed by atoms with Crippen molar-refractivity contribution in [3.63, 3.8) is 0 Å². The maximum absolute atomic E-state index is 11.3. The summed E-state index contributed by atoms with van der Waals surface area (Å²) in [6.07, 6.45) is -1.29. The minimum atomic E-state index is -1.06. The van der Waals surface area contributed by atoms with Crippen molar-refractivity contribution in [1.29, 1.82) is 0 Å². The Labute approximate surface area is 100 Å². The lowest BCUT2D eigenvalue weighted by Crippen LogP contribution is -2.40. The first-order chi connectivity index (χ1) is 7.95. The van der Waals surface area contributed by atoms with Gasteiger partial charge in [-0.05, 0) is 7.05 Å². The molecule has 17 heavy (non-hydrogen) atoms. The van der Waals surface area contributed by atoms with Gasteiger partial charge >= 0.3 is 5.97 Å². The highest BCUT2D eigenvalue weighted by Gasteiger charge is 2.13. The van der Waals surface area contributed by atoms with E-state index in [-0.39, 0.29) is 25.4 Å². The molecule has 0 aromatic rings. The predicted molar refractivity (Wildman–Crippen MR) is 60.6 cm³/mol. The van der Waals surface area contributed by atoms with E-state index >= 15 is 0 Å². The molecule has 0 fully saturated rings. The van der Waals surface area contributed by atoms with Crippen molar-refractivity contribution in [1.82, 2.24) is 10.2 Å². The maximum Gasteiger partial charge on any atom is 0.306 e. The Hall–Kier alpha value is -1.18. The van der Waals surface area contributed by atoms with Gasteiger partial charge in [-0.15, -0.1) is 0 Å². The third kappa shape index (κ3) is 9.73. The fraction of sp³-hybridized carbons (Fsp3) is 0.800. The molecule has 0 rings (SSSR count). The summed E-state index contributed by atoms with van der Waals surface area (Å²) in [5.41, 5.74) is 0. The monoisotopic (exact) mass is 248 g/mol. The molecule has 100 valence electrons. The average Bonchev–Trinajstić information content (AvgIpc) is 2.15. The molecular weight excluding hydrogens is 228 g/mol. The number of nitrogens with one attached hydrogen (secondary N) is 1. The maximum atomic E-state index is 11.3. The van der Waals surface area contributed by atoms with E-state index in [0.29, 0.717) is 13.2 Å². The van der Waals surface area contributed by atoms with E-state index in [1.165, 1.54) is 0 Å². The summed E-state index contributed by atoms with van der Waals surface area (Å²) in [5, 5.41) is 20.4. The average molecular weight is 248 g/mol. The summed E-state index contributed by atoms with van der Waals surface area (Å²) in [6, 6.07) is 0. The number of aliphatic carboxylic acids is 1. The number of ether oxygens (including phenoxy) is 1. The topological polar surface area (TPSA) is 99.1 Å². The number of carbonyl (C=O) groups excluding carboxylic acids is 1. The van der Waals surface area contributed by atoms with Crippen LogP contribution in [0.5, 0.6) is 0 Å². The minimum Gasteiger partial charge on any atom is -0.481 e. The van der Waals surface area contributed by atoms with Gasteiger partial charge in [-0.2, -0.15) is 0 Å². The van der Waals surface area contributed by atoms with Gasteiger partial charge in [0.15, 0.2) is 0 Å². The number of amides is 1. The van der Waals surface area contributed by atoms with Crippen molar-refractivity contribution in [3.05, 3.63) is 0 Å². The number of nitrogens with zero attached hydrogens (tertiary/aromatic N) is 1. The fourth-order valence-corrected chi connectivity index (χ4v) is 1.28. The van der Waals surface area contributed by atoms with E-state index in [1.807, 2.05) is 0 Å². The number of aliphatic hydroxyl groups is 1. The molecule has 7 nitrogen and oxygen atoms in total. The second-order valence-electron chi connectivity index (χ2n) is 3.79. The van der Waals surface area contributed by atoms with Crippen molar-refractivity contribution in [2.45, 2.75) is 12.5 Å². The van der Waals surface area contributed by atoms with E-state index in [0.717, 1.165) is 0 Å². The summed E-state index contributed by atoms with van der Waals surface area (Å²) in [6.45, 7) is 1.13. The van der Waals surface area contributed by atoms with E-state index in [2.05, 4.69) is 5.32 Å². The Balaban J connectivity index is 3.73. The Bertz CT molecular complexity index is 247. The number of hydrogen-bond acceptors (Lipinski definition) is 5. The van der Waals surface area contributed by atoms with Crippen LogP contribution in [-0.2, 0) is 14.3 Å². The standard InChI is InChI=1S/C10H20N2O5/c1-12(6-8(13)5-10(15)16)7-9(14)11-3-4-17-2/h8,13H,3-7H2,1-2H3,(H,11,14)(H,15,16). The van der Waals surface area contributed by atoms with Crippen LogP contribution in [0.4, 0.5) is 0 Å². The van der Waals surface area contributed by atoms with Gasteiger partial charge in [-0.3, -0.25) is 14.5 Å². The second kappa shape index (κ2) is 8.91. The summed E-state index contributed by atoms with van der Waals surface area (Å²) in [7, 11) is 3.18. The molecule has 7 heteroatoms. The highest BCUT2D eigenvalue weighted by Crippen LogP contribution is 1.94. The first-order valence-electron chi connectivity index (χ1n) is 5.29. The first kappa shape index (κ1) is 15.8. The molecular formula is C10H20N2O5. The molecule has 0 aromatic carbocycles. The van der Waals surface area contributed by atoms with Crippen LogP contribution < -0.4 is 5.32 Å². The predicted octanol–water partition coefficient (Wildman–Crippen LogP) is -1.48. The van der Waals surface area contributed by atoms with Gasteiger partial charge < -0.3 is 20.3 Å². The SMILES string of the molecule is COCCNC(=O)CN(C)CC(O)CC(=O)O. The molecule has 0 aliphatic rings. The normalized spacial score (nSPS) is 12.5.